The third-order valence-electron chi connectivity index (χ3n) is 6.75. The number of amides is 2. The van der Waals surface area contributed by atoms with Crippen LogP contribution in [0.5, 0.6) is 17.2 Å². The van der Waals surface area contributed by atoms with Gasteiger partial charge in [-0.3, -0.25) is 9.59 Å². The van der Waals surface area contributed by atoms with Crippen LogP contribution in [0.4, 0.5) is 4.79 Å². The van der Waals surface area contributed by atoms with E-state index in [2.05, 4.69) is 15.6 Å². The largest absolute Gasteiger partial charge is 0.496 e. The van der Waals surface area contributed by atoms with Gasteiger partial charge in [-0.2, -0.15) is 0 Å². The fourth-order valence-electron chi connectivity index (χ4n) is 4.77. The molecule has 2 aliphatic heterocycles. The number of methoxy groups -OCH3 is 1. The first-order valence-corrected chi connectivity index (χ1v) is 13.5. The Morgan fingerprint density at radius 2 is 1.88 bits per heavy atom. The van der Waals surface area contributed by atoms with E-state index in [4.69, 9.17) is 35.3 Å². The van der Waals surface area contributed by atoms with E-state index >= 15 is 0 Å². The third-order valence-corrected chi connectivity index (χ3v) is 7.03. The number of benzene rings is 1. The van der Waals surface area contributed by atoms with Crippen molar-refractivity contribution in [2.45, 2.75) is 84.5 Å². The van der Waals surface area contributed by atoms with Gasteiger partial charge in [0, 0.05) is 23.7 Å². The van der Waals surface area contributed by atoms with Crippen LogP contribution in [0.3, 0.4) is 0 Å². The summed E-state index contributed by atoms with van der Waals surface area (Å²) in [5.74, 6) is -0.568. The SMILES string of the molecule is COc1cc(C)[nH]c(=O)c1CNC(=O)c1cc(Cl)c2c(c1C)OC(C)([C@@H]1CC[C@@H](NC(=O)OC(C)(C)C)CO1)O2. The lowest BCUT2D eigenvalue weighted by Crippen LogP contribution is -2.54. The van der Waals surface area contributed by atoms with Gasteiger partial charge in [-0.15, -0.1) is 0 Å². The first-order valence-electron chi connectivity index (χ1n) is 13.1. The minimum absolute atomic E-state index is 0.0464. The molecular formula is C28H36ClN3O8. The van der Waals surface area contributed by atoms with Gasteiger partial charge in [0.25, 0.3) is 17.3 Å². The number of H-pyrrole nitrogens is 1. The van der Waals surface area contributed by atoms with Gasteiger partial charge in [0.05, 0.1) is 36.9 Å². The van der Waals surface area contributed by atoms with Crippen molar-refractivity contribution < 1.29 is 33.3 Å². The molecule has 4 rings (SSSR count). The molecule has 1 aromatic heterocycles. The summed E-state index contributed by atoms with van der Waals surface area (Å²) in [5.41, 5.74) is 0.827. The molecule has 3 N–H and O–H groups in total. The number of hydrogen-bond acceptors (Lipinski definition) is 8. The molecule has 3 atom stereocenters. The highest BCUT2D eigenvalue weighted by molar-refractivity contribution is 6.33. The Bertz CT molecular complexity index is 1360. The van der Waals surface area contributed by atoms with Crippen LogP contribution >= 0.6 is 11.6 Å². The van der Waals surface area contributed by atoms with E-state index in [0.717, 1.165) is 0 Å². The second-order valence-corrected chi connectivity index (χ2v) is 11.6. The molecule has 2 aliphatic rings. The van der Waals surface area contributed by atoms with Crippen LogP contribution in [0.2, 0.25) is 5.02 Å². The lowest BCUT2D eigenvalue weighted by molar-refractivity contribution is -0.185. The maximum atomic E-state index is 13.2. The van der Waals surface area contributed by atoms with Crippen LogP contribution in [-0.4, -0.2) is 54.2 Å². The number of rotatable bonds is 6. The molecule has 0 aliphatic carbocycles. The number of carbonyl (C=O) groups is 2. The monoisotopic (exact) mass is 577 g/mol. The van der Waals surface area contributed by atoms with E-state index in [1.165, 1.54) is 13.2 Å². The Morgan fingerprint density at radius 3 is 2.50 bits per heavy atom. The van der Waals surface area contributed by atoms with Crippen molar-refractivity contribution in [1.29, 1.82) is 0 Å². The molecule has 218 valence electrons. The molecular weight excluding hydrogens is 542 g/mol. The fourth-order valence-corrected chi connectivity index (χ4v) is 5.00. The lowest BCUT2D eigenvalue weighted by Gasteiger charge is -2.37. The van der Waals surface area contributed by atoms with Crippen molar-refractivity contribution in [1.82, 2.24) is 15.6 Å². The fraction of sp³-hybridized carbons (Fsp3) is 0.536. The van der Waals surface area contributed by atoms with Crippen LogP contribution in [0.15, 0.2) is 16.9 Å². The summed E-state index contributed by atoms with van der Waals surface area (Å²) >= 11 is 6.54. The van der Waals surface area contributed by atoms with Crippen molar-refractivity contribution >= 4 is 23.6 Å². The summed E-state index contributed by atoms with van der Waals surface area (Å²) in [6.07, 6.45) is 0.224. The quantitative estimate of drug-likeness (QED) is 0.466. The number of alkyl carbamates (subject to hydrolysis) is 1. The summed E-state index contributed by atoms with van der Waals surface area (Å²) in [4.78, 5) is 40.4. The minimum Gasteiger partial charge on any atom is -0.496 e. The molecule has 1 unspecified atom stereocenters. The number of pyridine rings is 1. The number of aromatic amines is 1. The van der Waals surface area contributed by atoms with Gasteiger partial charge in [0.2, 0.25) is 0 Å². The van der Waals surface area contributed by atoms with Gasteiger partial charge in [-0.1, -0.05) is 11.6 Å². The van der Waals surface area contributed by atoms with E-state index in [0.29, 0.717) is 46.9 Å². The van der Waals surface area contributed by atoms with Gasteiger partial charge in [-0.25, -0.2) is 4.79 Å². The molecule has 0 bridgehead atoms. The number of aryl methyl sites for hydroxylation is 1. The predicted octanol–water partition coefficient (Wildman–Crippen LogP) is 4.14. The zero-order valence-electron chi connectivity index (χ0n) is 23.8. The van der Waals surface area contributed by atoms with Crippen molar-refractivity contribution in [2.24, 2.45) is 0 Å². The van der Waals surface area contributed by atoms with E-state index < -0.39 is 29.5 Å². The number of carbonyl (C=O) groups excluding carboxylic acids is 2. The van der Waals surface area contributed by atoms with Crippen LogP contribution < -0.4 is 30.4 Å². The number of halogens is 1. The summed E-state index contributed by atoms with van der Waals surface area (Å²) in [6.45, 7) is 10.9. The summed E-state index contributed by atoms with van der Waals surface area (Å²) < 4.78 is 29.1. The number of aromatic nitrogens is 1. The van der Waals surface area contributed by atoms with Gasteiger partial charge in [0.15, 0.2) is 11.5 Å². The van der Waals surface area contributed by atoms with Crippen LogP contribution in [0, 0.1) is 13.8 Å². The average molecular weight is 578 g/mol. The summed E-state index contributed by atoms with van der Waals surface area (Å²) in [6, 6.07) is 2.99. The second-order valence-electron chi connectivity index (χ2n) is 11.2. The highest BCUT2D eigenvalue weighted by Gasteiger charge is 2.48. The molecule has 11 nitrogen and oxygen atoms in total. The summed E-state index contributed by atoms with van der Waals surface area (Å²) in [7, 11) is 1.46. The molecule has 2 amide bonds. The van der Waals surface area contributed by atoms with Crippen molar-refractivity contribution in [3.8, 4) is 17.2 Å². The number of nitrogens with one attached hydrogen (secondary N) is 3. The lowest BCUT2D eigenvalue weighted by atomic mass is 9.99. The first kappa shape index (κ1) is 29.5. The highest BCUT2D eigenvalue weighted by atomic mass is 35.5. The Hall–Kier alpha value is -3.44. The van der Waals surface area contributed by atoms with E-state index in [1.54, 1.807) is 47.6 Å². The standard InChI is InChI=1S/C28H36ClN3O8/c1-14-10-20(36-7)18(25(34)31-14)12-30-24(33)17-11-19(29)23-22(15(17)2)38-28(6,39-23)21-9-8-16(13-37-21)32-26(35)40-27(3,4)5/h10-11,16,21H,8-9,12-13H2,1-7H3,(H,30,33)(H,31,34)(H,32,35)/t16-,21+,28?/m1/s1. The van der Waals surface area contributed by atoms with Crippen molar-refractivity contribution in [3.05, 3.63) is 49.9 Å². The molecule has 0 radical (unpaired) electrons. The average Bonchev–Trinajstić information content (AvgIpc) is 3.24. The molecule has 0 spiro atoms. The minimum atomic E-state index is -1.19. The van der Waals surface area contributed by atoms with Crippen LogP contribution in [-0.2, 0) is 16.0 Å². The number of ether oxygens (including phenoxy) is 5. The number of hydrogen-bond donors (Lipinski definition) is 3. The van der Waals surface area contributed by atoms with Crippen molar-refractivity contribution in [3.63, 3.8) is 0 Å². The molecule has 3 heterocycles. The maximum Gasteiger partial charge on any atom is 0.407 e. The molecule has 12 heteroatoms. The molecule has 1 fully saturated rings. The van der Waals surface area contributed by atoms with Crippen LogP contribution in [0.1, 0.15) is 67.7 Å². The van der Waals surface area contributed by atoms with E-state index in [1.807, 2.05) is 0 Å². The first-order chi connectivity index (χ1) is 18.7. The Balaban J connectivity index is 1.43. The highest BCUT2D eigenvalue weighted by Crippen LogP contribution is 2.49. The Kier molecular flexibility index (Phi) is 8.28. The molecule has 40 heavy (non-hydrogen) atoms. The van der Waals surface area contributed by atoms with Crippen LogP contribution in [0.25, 0.3) is 0 Å². The maximum absolute atomic E-state index is 13.2. The smallest absolute Gasteiger partial charge is 0.407 e. The van der Waals surface area contributed by atoms with Crippen molar-refractivity contribution in [2.75, 3.05) is 13.7 Å². The van der Waals surface area contributed by atoms with Gasteiger partial charge >= 0.3 is 6.09 Å². The summed E-state index contributed by atoms with van der Waals surface area (Å²) in [5, 5.41) is 5.80. The molecule has 2 aromatic rings. The van der Waals surface area contributed by atoms with E-state index in [9.17, 15) is 14.4 Å². The topological polar surface area (TPSA) is 137 Å². The number of fused-ring (bicyclic) bond motifs is 1. The predicted molar refractivity (Wildman–Crippen MR) is 148 cm³/mol. The van der Waals surface area contributed by atoms with E-state index in [-0.39, 0.29) is 35.3 Å². The molecule has 1 aromatic carbocycles. The Morgan fingerprint density at radius 1 is 1.18 bits per heavy atom. The van der Waals surface area contributed by atoms with Gasteiger partial charge < -0.3 is 39.3 Å². The molecule has 0 saturated carbocycles. The normalized spacial score (nSPS) is 22.0. The zero-order valence-corrected chi connectivity index (χ0v) is 24.5. The zero-order chi connectivity index (χ0) is 29.4. The van der Waals surface area contributed by atoms with Gasteiger partial charge in [-0.05, 0) is 59.6 Å². The Labute approximate surface area is 237 Å². The third kappa shape index (κ3) is 6.31. The van der Waals surface area contributed by atoms with Gasteiger partial charge in [0.1, 0.15) is 17.5 Å². The second kappa shape index (κ2) is 11.2. The molecule has 1 saturated heterocycles.